The summed E-state index contributed by atoms with van der Waals surface area (Å²) in [6.45, 7) is 4.02. The molecule has 8 heteroatoms. The van der Waals surface area contributed by atoms with Gasteiger partial charge >= 0.3 is 6.03 Å². The molecule has 3 aromatic rings. The van der Waals surface area contributed by atoms with E-state index in [1.807, 2.05) is 61.2 Å². The minimum Gasteiger partial charge on any atom is -0.308 e. The average molecular weight is 486 g/mol. The van der Waals surface area contributed by atoms with Crippen LogP contribution in [0, 0.1) is 13.8 Å². The molecule has 1 heterocycles. The summed E-state index contributed by atoms with van der Waals surface area (Å²) < 4.78 is 0. The molecule has 0 bridgehead atoms. The zero-order valence-corrected chi connectivity index (χ0v) is 19.8. The number of halogens is 2. The minimum atomic E-state index is -0.401. The maximum Gasteiger partial charge on any atom is 0.323 e. The van der Waals surface area contributed by atoms with Gasteiger partial charge in [0.1, 0.15) is 5.37 Å². The lowest BCUT2D eigenvalue weighted by molar-refractivity contribution is -0.115. The number of nitrogens with one attached hydrogen (secondary N) is 2. The summed E-state index contributed by atoms with van der Waals surface area (Å²) in [6, 6.07) is 18.1. The summed E-state index contributed by atoms with van der Waals surface area (Å²) in [5, 5.41) is 6.19. The van der Waals surface area contributed by atoms with Crippen LogP contribution in [0.1, 0.15) is 22.1 Å². The number of thioether (sulfide) groups is 1. The van der Waals surface area contributed by atoms with Crippen LogP contribution in [0.4, 0.5) is 21.9 Å². The second-order valence-electron chi connectivity index (χ2n) is 7.55. The number of nitrogens with zero attached hydrogens (tertiary/aromatic N) is 1. The van der Waals surface area contributed by atoms with Crippen LogP contribution in [0.25, 0.3) is 0 Å². The zero-order chi connectivity index (χ0) is 22.8. The summed E-state index contributed by atoms with van der Waals surface area (Å²) in [5.41, 5.74) is 5.16. The van der Waals surface area contributed by atoms with E-state index in [0.717, 1.165) is 22.4 Å². The van der Waals surface area contributed by atoms with Crippen molar-refractivity contribution in [1.82, 2.24) is 0 Å². The van der Waals surface area contributed by atoms with E-state index < -0.39 is 6.03 Å². The van der Waals surface area contributed by atoms with Gasteiger partial charge in [-0.15, -0.1) is 11.8 Å². The average Bonchev–Trinajstić information content (AvgIpc) is 3.14. The molecular weight excluding hydrogens is 465 g/mol. The summed E-state index contributed by atoms with van der Waals surface area (Å²) in [5.74, 6) is 0.484. The number of benzene rings is 3. The molecule has 1 aliphatic heterocycles. The number of urea groups is 1. The van der Waals surface area contributed by atoms with Gasteiger partial charge in [-0.05, 0) is 66.9 Å². The monoisotopic (exact) mass is 485 g/mol. The van der Waals surface area contributed by atoms with Crippen LogP contribution in [0.2, 0.25) is 10.0 Å². The second-order valence-corrected chi connectivity index (χ2v) is 9.43. The third-order valence-electron chi connectivity index (χ3n) is 5.10. The van der Waals surface area contributed by atoms with Gasteiger partial charge in [-0.3, -0.25) is 9.69 Å². The van der Waals surface area contributed by atoms with E-state index in [1.165, 1.54) is 0 Å². The highest BCUT2D eigenvalue weighted by Crippen LogP contribution is 2.43. The molecule has 1 unspecified atom stereocenters. The van der Waals surface area contributed by atoms with Gasteiger partial charge in [-0.2, -0.15) is 0 Å². The Morgan fingerprint density at radius 2 is 1.72 bits per heavy atom. The Hall–Kier alpha value is -2.67. The lowest BCUT2D eigenvalue weighted by atomic mass is 10.1. The molecule has 164 valence electrons. The van der Waals surface area contributed by atoms with Crippen molar-refractivity contribution in [3.8, 4) is 0 Å². The minimum absolute atomic E-state index is 0.0735. The maximum absolute atomic E-state index is 12.7. The van der Waals surface area contributed by atoms with Gasteiger partial charge in [0, 0.05) is 17.1 Å². The number of anilines is 3. The summed E-state index contributed by atoms with van der Waals surface area (Å²) >= 11 is 13.5. The van der Waals surface area contributed by atoms with E-state index in [-0.39, 0.29) is 11.3 Å². The number of aryl methyl sites for hydroxylation is 2. The molecule has 3 aromatic carbocycles. The van der Waals surface area contributed by atoms with Crippen molar-refractivity contribution in [3.05, 3.63) is 87.4 Å². The Morgan fingerprint density at radius 3 is 2.47 bits per heavy atom. The number of hydrogen-bond donors (Lipinski definition) is 2. The zero-order valence-electron chi connectivity index (χ0n) is 17.5. The van der Waals surface area contributed by atoms with Crippen LogP contribution in [0.5, 0.6) is 0 Å². The van der Waals surface area contributed by atoms with Crippen molar-refractivity contribution in [2.75, 3.05) is 21.3 Å². The molecule has 2 N–H and O–H groups in total. The highest BCUT2D eigenvalue weighted by atomic mass is 35.5. The van der Waals surface area contributed by atoms with Gasteiger partial charge in [0.15, 0.2) is 0 Å². The number of carbonyl (C=O) groups excluding carboxylic acids is 2. The van der Waals surface area contributed by atoms with Gasteiger partial charge < -0.3 is 10.6 Å². The fraction of sp³-hybridized carbons (Fsp3) is 0.167. The molecule has 1 saturated heterocycles. The van der Waals surface area contributed by atoms with Gasteiger partial charge in [0.05, 0.1) is 15.8 Å². The van der Waals surface area contributed by atoms with Gasteiger partial charge in [0.25, 0.3) is 0 Å². The van der Waals surface area contributed by atoms with Crippen LogP contribution in [-0.4, -0.2) is 17.7 Å². The lowest BCUT2D eigenvalue weighted by Gasteiger charge is -2.26. The van der Waals surface area contributed by atoms with Crippen molar-refractivity contribution >= 4 is 64.0 Å². The molecular formula is C24H21Cl2N3O2S. The molecule has 32 heavy (non-hydrogen) atoms. The van der Waals surface area contributed by atoms with E-state index >= 15 is 0 Å². The quantitative estimate of drug-likeness (QED) is 0.416. The predicted molar refractivity (Wildman–Crippen MR) is 134 cm³/mol. The molecule has 4 rings (SSSR count). The normalized spacial score (nSPS) is 15.7. The highest BCUT2D eigenvalue weighted by Gasteiger charge is 2.35. The Bertz CT molecular complexity index is 1200. The first-order valence-electron chi connectivity index (χ1n) is 9.96. The molecule has 1 fully saturated rings. The third kappa shape index (κ3) is 4.88. The van der Waals surface area contributed by atoms with Gasteiger partial charge in [-0.25, -0.2) is 4.79 Å². The Balaban J connectivity index is 1.54. The molecule has 0 aliphatic carbocycles. The van der Waals surface area contributed by atoms with Crippen molar-refractivity contribution in [3.63, 3.8) is 0 Å². The first-order valence-corrected chi connectivity index (χ1v) is 11.8. The molecule has 0 saturated carbocycles. The van der Waals surface area contributed by atoms with Crippen molar-refractivity contribution in [2.24, 2.45) is 0 Å². The summed E-state index contributed by atoms with van der Waals surface area (Å²) in [4.78, 5) is 27.1. The summed E-state index contributed by atoms with van der Waals surface area (Å²) in [6.07, 6.45) is 0. The van der Waals surface area contributed by atoms with E-state index in [9.17, 15) is 9.59 Å². The van der Waals surface area contributed by atoms with E-state index in [4.69, 9.17) is 23.2 Å². The van der Waals surface area contributed by atoms with Gasteiger partial charge in [-0.1, -0.05) is 47.5 Å². The van der Waals surface area contributed by atoms with Crippen LogP contribution < -0.4 is 15.5 Å². The Labute approximate surface area is 201 Å². The molecule has 5 nitrogen and oxygen atoms in total. The van der Waals surface area contributed by atoms with Gasteiger partial charge in [0.2, 0.25) is 5.91 Å². The topological polar surface area (TPSA) is 61.4 Å². The highest BCUT2D eigenvalue weighted by molar-refractivity contribution is 8.00. The van der Waals surface area contributed by atoms with E-state index in [1.54, 1.807) is 30.0 Å². The molecule has 0 aromatic heterocycles. The SMILES string of the molecule is Cc1ccc(C)c(N2C(=O)CSC2c2cccc(NC(=O)Nc3ccc(Cl)c(Cl)c3)c2)c1. The Kier molecular flexibility index (Phi) is 6.65. The second kappa shape index (κ2) is 9.45. The maximum atomic E-state index is 12.7. The largest absolute Gasteiger partial charge is 0.323 e. The van der Waals surface area contributed by atoms with Crippen LogP contribution in [0.3, 0.4) is 0 Å². The smallest absolute Gasteiger partial charge is 0.308 e. The number of hydrogen-bond acceptors (Lipinski definition) is 3. The number of carbonyl (C=O) groups is 2. The van der Waals surface area contributed by atoms with E-state index in [0.29, 0.717) is 27.2 Å². The van der Waals surface area contributed by atoms with Crippen molar-refractivity contribution in [1.29, 1.82) is 0 Å². The first-order chi connectivity index (χ1) is 15.3. The molecule has 3 amide bonds. The molecule has 1 aliphatic rings. The number of amides is 3. The van der Waals surface area contributed by atoms with Crippen LogP contribution in [0.15, 0.2) is 60.7 Å². The predicted octanol–water partition coefficient (Wildman–Crippen LogP) is 7.03. The summed E-state index contributed by atoms with van der Waals surface area (Å²) in [7, 11) is 0. The molecule has 1 atom stereocenters. The standard InChI is InChI=1S/C24H21Cl2N3O2S/c1-14-6-7-15(2)21(10-14)29-22(30)13-32-23(29)16-4-3-5-17(11-16)27-24(31)28-18-8-9-19(25)20(26)12-18/h3-12,23H,13H2,1-2H3,(H2,27,28,31). The van der Waals surface area contributed by atoms with Crippen LogP contribution >= 0.6 is 35.0 Å². The molecule has 0 radical (unpaired) electrons. The van der Waals surface area contributed by atoms with E-state index in [2.05, 4.69) is 10.6 Å². The fourth-order valence-electron chi connectivity index (χ4n) is 3.55. The lowest BCUT2D eigenvalue weighted by Crippen LogP contribution is -2.28. The fourth-order valence-corrected chi connectivity index (χ4v) is 5.00. The molecule has 0 spiro atoms. The third-order valence-corrected chi connectivity index (χ3v) is 7.05. The van der Waals surface area contributed by atoms with Crippen molar-refractivity contribution in [2.45, 2.75) is 19.2 Å². The number of rotatable bonds is 4. The first kappa shape index (κ1) is 22.5. The Morgan fingerprint density at radius 1 is 0.969 bits per heavy atom. The van der Waals surface area contributed by atoms with Crippen LogP contribution in [-0.2, 0) is 4.79 Å². The van der Waals surface area contributed by atoms with Crippen molar-refractivity contribution < 1.29 is 9.59 Å².